The molecule has 0 heterocycles. The van der Waals surface area contributed by atoms with Gasteiger partial charge in [-0.3, -0.25) is 4.79 Å². The SMILES string of the molecule is N#CCCNC(=O)COc1cccc(Cl)c1C#N. The molecule has 0 saturated heterocycles. The van der Waals surface area contributed by atoms with Crippen LogP contribution in [0.25, 0.3) is 0 Å². The lowest BCUT2D eigenvalue weighted by atomic mass is 10.2. The number of nitriles is 2. The Bertz CT molecular complexity index is 517. The van der Waals surface area contributed by atoms with Gasteiger partial charge in [-0.2, -0.15) is 10.5 Å². The maximum Gasteiger partial charge on any atom is 0.257 e. The Balaban J connectivity index is 2.54. The van der Waals surface area contributed by atoms with Gasteiger partial charge in [0, 0.05) is 6.54 Å². The number of amides is 1. The minimum absolute atomic E-state index is 0.198. The standard InChI is InChI=1S/C12H10ClN3O2/c13-10-3-1-4-11(9(10)7-15)18-8-12(17)16-6-2-5-14/h1,3-4H,2,6,8H2,(H,16,17). The summed E-state index contributed by atoms with van der Waals surface area (Å²) in [6, 6.07) is 8.58. The lowest BCUT2D eigenvalue weighted by Crippen LogP contribution is -2.29. The molecule has 0 spiro atoms. The number of rotatable bonds is 5. The highest BCUT2D eigenvalue weighted by Gasteiger charge is 2.09. The van der Waals surface area contributed by atoms with E-state index in [-0.39, 0.29) is 41.8 Å². The van der Waals surface area contributed by atoms with Gasteiger partial charge in [-0.15, -0.1) is 0 Å². The molecule has 0 aliphatic rings. The molecule has 1 aromatic carbocycles. The summed E-state index contributed by atoms with van der Waals surface area (Å²) in [5.74, 6) is -0.0884. The van der Waals surface area contributed by atoms with Crippen LogP contribution >= 0.6 is 11.6 Å². The van der Waals surface area contributed by atoms with E-state index in [4.69, 9.17) is 26.9 Å². The fraction of sp³-hybridized carbons (Fsp3) is 0.250. The van der Waals surface area contributed by atoms with Gasteiger partial charge in [0.2, 0.25) is 0 Å². The van der Waals surface area contributed by atoms with Crippen LogP contribution in [0.5, 0.6) is 5.75 Å². The summed E-state index contributed by atoms with van der Waals surface area (Å²) in [4.78, 5) is 11.3. The maximum atomic E-state index is 11.3. The summed E-state index contributed by atoms with van der Waals surface area (Å²) in [5, 5.41) is 20.0. The van der Waals surface area contributed by atoms with E-state index in [1.165, 1.54) is 0 Å². The van der Waals surface area contributed by atoms with Crippen molar-refractivity contribution in [3.05, 3.63) is 28.8 Å². The Morgan fingerprint density at radius 3 is 2.89 bits per heavy atom. The third kappa shape index (κ3) is 3.97. The van der Waals surface area contributed by atoms with Gasteiger partial charge < -0.3 is 10.1 Å². The second kappa shape index (κ2) is 7.16. The van der Waals surface area contributed by atoms with Gasteiger partial charge in [0.25, 0.3) is 5.91 Å². The molecule has 0 saturated carbocycles. The zero-order chi connectivity index (χ0) is 13.4. The van der Waals surface area contributed by atoms with Crippen molar-refractivity contribution < 1.29 is 9.53 Å². The van der Waals surface area contributed by atoms with E-state index in [2.05, 4.69) is 5.32 Å². The number of ether oxygens (including phenoxy) is 1. The second-order valence-corrected chi connectivity index (χ2v) is 3.68. The number of hydrogen-bond donors (Lipinski definition) is 1. The van der Waals surface area contributed by atoms with Crippen LogP contribution in [-0.2, 0) is 4.79 Å². The van der Waals surface area contributed by atoms with E-state index in [1.54, 1.807) is 18.2 Å². The van der Waals surface area contributed by atoms with Crippen molar-refractivity contribution in [1.82, 2.24) is 5.32 Å². The van der Waals surface area contributed by atoms with E-state index < -0.39 is 0 Å². The first-order chi connectivity index (χ1) is 8.69. The van der Waals surface area contributed by atoms with Crippen LogP contribution in [0.1, 0.15) is 12.0 Å². The molecule has 1 amide bonds. The monoisotopic (exact) mass is 263 g/mol. The van der Waals surface area contributed by atoms with Gasteiger partial charge in [-0.25, -0.2) is 0 Å². The van der Waals surface area contributed by atoms with Crippen LogP contribution in [0.3, 0.4) is 0 Å². The molecule has 0 aromatic heterocycles. The molecular weight excluding hydrogens is 254 g/mol. The first kappa shape index (κ1) is 13.8. The van der Waals surface area contributed by atoms with Gasteiger partial charge in [-0.05, 0) is 12.1 Å². The lowest BCUT2D eigenvalue weighted by molar-refractivity contribution is -0.123. The fourth-order valence-electron chi connectivity index (χ4n) is 1.19. The topological polar surface area (TPSA) is 85.9 Å². The number of carbonyl (C=O) groups is 1. The van der Waals surface area contributed by atoms with E-state index in [1.807, 2.05) is 12.1 Å². The van der Waals surface area contributed by atoms with E-state index in [9.17, 15) is 4.79 Å². The van der Waals surface area contributed by atoms with Gasteiger partial charge in [0.15, 0.2) is 6.61 Å². The number of carbonyl (C=O) groups excluding carboxylic acids is 1. The summed E-state index contributed by atoms with van der Waals surface area (Å²) in [5.41, 5.74) is 0.198. The van der Waals surface area contributed by atoms with Gasteiger partial charge in [0.05, 0.1) is 17.5 Å². The molecule has 6 heteroatoms. The van der Waals surface area contributed by atoms with E-state index in [0.29, 0.717) is 0 Å². The van der Waals surface area contributed by atoms with Crippen molar-refractivity contribution in [3.63, 3.8) is 0 Å². The average molecular weight is 264 g/mol. The molecule has 5 nitrogen and oxygen atoms in total. The Labute approximate surface area is 110 Å². The smallest absolute Gasteiger partial charge is 0.257 e. The quantitative estimate of drug-likeness (QED) is 0.818. The number of hydrogen-bond acceptors (Lipinski definition) is 4. The predicted molar refractivity (Wildman–Crippen MR) is 64.9 cm³/mol. The molecular formula is C12H10ClN3O2. The largest absolute Gasteiger partial charge is 0.482 e. The number of nitrogens with zero attached hydrogens (tertiary/aromatic N) is 2. The Morgan fingerprint density at radius 2 is 2.22 bits per heavy atom. The fourth-order valence-corrected chi connectivity index (χ4v) is 1.39. The van der Waals surface area contributed by atoms with Crippen molar-refractivity contribution in [2.24, 2.45) is 0 Å². The average Bonchev–Trinajstić information content (AvgIpc) is 2.36. The molecule has 0 bridgehead atoms. The van der Waals surface area contributed by atoms with Crippen LogP contribution in [0.2, 0.25) is 5.02 Å². The highest BCUT2D eigenvalue weighted by molar-refractivity contribution is 6.31. The Hall–Kier alpha value is -2.24. The normalized spacial score (nSPS) is 9.06. The highest BCUT2D eigenvalue weighted by atomic mass is 35.5. The van der Waals surface area contributed by atoms with Crippen molar-refractivity contribution in [2.75, 3.05) is 13.2 Å². The third-order valence-corrected chi connectivity index (χ3v) is 2.32. The summed E-state index contributed by atoms with van der Waals surface area (Å²) < 4.78 is 5.20. The second-order valence-electron chi connectivity index (χ2n) is 3.27. The summed E-state index contributed by atoms with van der Waals surface area (Å²) in [6.07, 6.45) is 0.242. The molecule has 1 N–H and O–H groups in total. The van der Waals surface area contributed by atoms with Gasteiger partial charge in [-0.1, -0.05) is 17.7 Å². The number of nitrogens with one attached hydrogen (secondary N) is 1. The van der Waals surface area contributed by atoms with Crippen molar-refractivity contribution in [2.45, 2.75) is 6.42 Å². The van der Waals surface area contributed by atoms with Crippen molar-refractivity contribution in [1.29, 1.82) is 10.5 Å². The molecule has 1 rings (SSSR count). The van der Waals surface area contributed by atoms with Gasteiger partial charge in [0.1, 0.15) is 17.4 Å². The number of benzene rings is 1. The molecule has 0 atom stereocenters. The third-order valence-electron chi connectivity index (χ3n) is 2.00. The Morgan fingerprint density at radius 1 is 1.44 bits per heavy atom. The van der Waals surface area contributed by atoms with E-state index >= 15 is 0 Å². The first-order valence-corrected chi connectivity index (χ1v) is 5.52. The maximum absolute atomic E-state index is 11.3. The minimum atomic E-state index is -0.353. The first-order valence-electron chi connectivity index (χ1n) is 5.14. The molecule has 0 radical (unpaired) electrons. The zero-order valence-corrected chi connectivity index (χ0v) is 10.2. The van der Waals surface area contributed by atoms with E-state index in [0.717, 1.165) is 0 Å². The lowest BCUT2D eigenvalue weighted by Gasteiger charge is -2.08. The van der Waals surface area contributed by atoms with Crippen molar-refractivity contribution >= 4 is 17.5 Å². The summed E-state index contributed by atoms with van der Waals surface area (Å²) in [6.45, 7) is 0.0554. The van der Waals surface area contributed by atoms with Crippen LogP contribution in [0, 0.1) is 22.7 Å². The molecule has 18 heavy (non-hydrogen) atoms. The van der Waals surface area contributed by atoms with Crippen LogP contribution in [0.15, 0.2) is 18.2 Å². The van der Waals surface area contributed by atoms with Crippen LogP contribution in [0.4, 0.5) is 0 Å². The van der Waals surface area contributed by atoms with Gasteiger partial charge >= 0.3 is 0 Å². The molecule has 0 aliphatic heterocycles. The predicted octanol–water partition coefficient (Wildman–Crippen LogP) is 1.62. The van der Waals surface area contributed by atoms with Crippen molar-refractivity contribution in [3.8, 4) is 17.9 Å². The molecule has 0 fully saturated rings. The van der Waals surface area contributed by atoms with Crippen LogP contribution in [-0.4, -0.2) is 19.1 Å². The minimum Gasteiger partial charge on any atom is -0.482 e. The number of halogens is 1. The molecule has 1 aromatic rings. The summed E-state index contributed by atoms with van der Waals surface area (Å²) in [7, 11) is 0. The van der Waals surface area contributed by atoms with Crippen LogP contribution < -0.4 is 10.1 Å². The zero-order valence-electron chi connectivity index (χ0n) is 9.44. The Kier molecular flexibility index (Phi) is 5.50. The highest BCUT2D eigenvalue weighted by Crippen LogP contribution is 2.25. The summed E-state index contributed by atoms with van der Waals surface area (Å²) >= 11 is 5.81. The molecule has 0 aliphatic carbocycles. The molecule has 92 valence electrons. The molecule has 0 unspecified atom stereocenters.